The summed E-state index contributed by atoms with van der Waals surface area (Å²) in [6.45, 7) is 10.3. The molecular weight excluding hydrogens is 452 g/mol. The number of hydrogen-bond donors (Lipinski definition) is 1. The number of allylic oxidation sites excluding steroid dienone is 1. The molecule has 3 heterocycles. The minimum absolute atomic E-state index is 0.136. The van der Waals surface area contributed by atoms with Gasteiger partial charge >= 0.3 is 5.97 Å². The number of aromatic nitrogens is 3. The zero-order chi connectivity index (χ0) is 22.5. The number of anilines is 1. The number of aryl methyl sites for hydroxylation is 2. The molecule has 0 bridgehead atoms. The topological polar surface area (TPSA) is 86.1 Å². The zero-order valence-corrected chi connectivity index (χ0v) is 20.3. The van der Waals surface area contributed by atoms with Crippen LogP contribution in [0.1, 0.15) is 32.6 Å². The molecule has 0 unspecified atom stereocenters. The summed E-state index contributed by atoms with van der Waals surface area (Å²) in [6.07, 6.45) is 2.46. The third-order valence-electron chi connectivity index (χ3n) is 4.55. The van der Waals surface area contributed by atoms with Crippen LogP contribution in [0.5, 0.6) is 0 Å². The summed E-state index contributed by atoms with van der Waals surface area (Å²) < 4.78 is 6.86. The second kappa shape index (κ2) is 10.3. The number of amides is 1. The molecule has 0 aliphatic carbocycles. The lowest BCUT2D eigenvalue weighted by Crippen LogP contribution is -2.16. The number of nitrogens with one attached hydrogen (secondary N) is 1. The molecule has 3 aromatic rings. The van der Waals surface area contributed by atoms with Gasteiger partial charge in [-0.15, -0.1) is 39.4 Å². The highest BCUT2D eigenvalue weighted by Gasteiger charge is 2.23. The monoisotopic (exact) mass is 476 g/mol. The van der Waals surface area contributed by atoms with E-state index in [1.807, 2.05) is 30.7 Å². The summed E-state index contributed by atoms with van der Waals surface area (Å²) >= 11 is 4.33. The molecule has 0 aliphatic rings. The highest BCUT2D eigenvalue weighted by atomic mass is 32.2. The Kier molecular flexibility index (Phi) is 7.69. The van der Waals surface area contributed by atoms with Crippen molar-refractivity contribution in [3.05, 3.63) is 45.0 Å². The maximum atomic E-state index is 12.7. The summed E-state index contributed by atoms with van der Waals surface area (Å²) in [5, 5.41) is 14.7. The minimum Gasteiger partial charge on any atom is -0.465 e. The van der Waals surface area contributed by atoms with Crippen molar-refractivity contribution in [3.8, 4) is 11.4 Å². The van der Waals surface area contributed by atoms with Gasteiger partial charge in [0.1, 0.15) is 5.00 Å². The molecule has 10 heteroatoms. The summed E-state index contributed by atoms with van der Waals surface area (Å²) in [4.78, 5) is 27.1. The Balaban J connectivity index is 1.76. The van der Waals surface area contributed by atoms with Crippen molar-refractivity contribution in [3.63, 3.8) is 0 Å². The summed E-state index contributed by atoms with van der Waals surface area (Å²) in [5.41, 5.74) is 2.34. The number of nitrogens with zero attached hydrogens (tertiary/aromatic N) is 3. The first-order valence-corrected chi connectivity index (χ1v) is 12.3. The van der Waals surface area contributed by atoms with Crippen LogP contribution in [0.25, 0.3) is 11.4 Å². The normalized spacial score (nSPS) is 10.8. The molecule has 164 valence electrons. The van der Waals surface area contributed by atoms with Crippen molar-refractivity contribution in [2.75, 3.05) is 18.2 Å². The fourth-order valence-electron chi connectivity index (χ4n) is 3.17. The first kappa shape index (κ1) is 23.2. The van der Waals surface area contributed by atoms with E-state index in [-0.39, 0.29) is 11.7 Å². The molecule has 0 saturated carbocycles. The molecule has 31 heavy (non-hydrogen) atoms. The van der Waals surface area contributed by atoms with Crippen LogP contribution in [0, 0.1) is 13.8 Å². The van der Waals surface area contributed by atoms with Crippen LogP contribution < -0.4 is 5.32 Å². The number of esters is 1. The Morgan fingerprint density at radius 3 is 2.74 bits per heavy atom. The number of methoxy groups -OCH3 is 1. The predicted octanol–water partition coefficient (Wildman–Crippen LogP) is 4.95. The maximum Gasteiger partial charge on any atom is 0.341 e. The lowest BCUT2D eigenvalue weighted by molar-refractivity contribution is -0.113. The van der Waals surface area contributed by atoms with E-state index in [9.17, 15) is 9.59 Å². The number of carbonyl (C=O) groups excluding carboxylic acids is 2. The first-order valence-electron chi connectivity index (χ1n) is 9.62. The van der Waals surface area contributed by atoms with Crippen molar-refractivity contribution in [2.24, 2.45) is 0 Å². The summed E-state index contributed by atoms with van der Waals surface area (Å²) in [7, 11) is 1.34. The van der Waals surface area contributed by atoms with Crippen LogP contribution in [0.4, 0.5) is 5.00 Å². The largest absolute Gasteiger partial charge is 0.465 e. The molecule has 0 aliphatic heterocycles. The highest BCUT2D eigenvalue weighted by Crippen LogP contribution is 2.34. The molecule has 7 nitrogen and oxygen atoms in total. The van der Waals surface area contributed by atoms with Crippen LogP contribution in [0.3, 0.4) is 0 Å². The molecule has 3 rings (SSSR count). The van der Waals surface area contributed by atoms with Crippen LogP contribution in [0.2, 0.25) is 0 Å². The van der Waals surface area contributed by atoms with E-state index in [0.29, 0.717) is 28.7 Å². The SMILES string of the molecule is C=CCn1c(SCC(=O)Nc2sc(C)c(CC)c2C(=O)OC)nnc1-c1csc(C)c1. The molecule has 0 atom stereocenters. The summed E-state index contributed by atoms with van der Waals surface area (Å²) in [6, 6.07) is 2.06. The van der Waals surface area contributed by atoms with Crippen LogP contribution in [-0.2, 0) is 22.5 Å². The number of rotatable bonds is 9. The van der Waals surface area contributed by atoms with E-state index in [1.54, 1.807) is 17.4 Å². The molecule has 3 aromatic heterocycles. The minimum atomic E-state index is -0.439. The Hall–Kier alpha value is -2.43. The van der Waals surface area contributed by atoms with Gasteiger partial charge in [-0.25, -0.2) is 4.79 Å². The Morgan fingerprint density at radius 2 is 2.13 bits per heavy atom. The quantitative estimate of drug-likeness (QED) is 0.267. The Morgan fingerprint density at radius 1 is 1.35 bits per heavy atom. The molecule has 0 radical (unpaired) electrons. The third kappa shape index (κ3) is 5.08. The molecule has 0 spiro atoms. The average molecular weight is 477 g/mol. The lowest BCUT2D eigenvalue weighted by atomic mass is 10.1. The highest BCUT2D eigenvalue weighted by molar-refractivity contribution is 7.99. The van der Waals surface area contributed by atoms with E-state index >= 15 is 0 Å². The van der Waals surface area contributed by atoms with Gasteiger partial charge in [0.15, 0.2) is 11.0 Å². The van der Waals surface area contributed by atoms with Crippen LogP contribution in [0.15, 0.2) is 29.3 Å². The number of thiophene rings is 2. The van der Waals surface area contributed by atoms with Gasteiger partial charge in [-0.1, -0.05) is 24.8 Å². The van der Waals surface area contributed by atoms with E-state index in [1.165, 1.54) is 35.1 Å². The molecule has 1 N–H and O–H groups in total. The van der Waals surface area contributed by atoms with Gasteiger partial charge in [0, 0.05) is 27.2 Å². The van der Waals surface area contributed by atoms with Crippen LogP contribution >= 0.6 is 34.4 Å². The van der Waals surface area contributed by atoms with E-state index in [0.717, 1.165) is 21.8 Å². The first-order chi connectivity index (χ1) is 14.9. The van der Waals surface area contributed by atoms with Gasteiger partial charge < -0.3 is 10.1 Å². The maximum absolute atomic E-state index is 12.7. The van der Waals surface area contributed by atoms with Crippen molar-refractivity contribution in [1.82, 2.24) is 14.8 Å². The molecular formula is C21H24N4O3S3. The standard InChI is InChI=1S/C21H24N4O3S3/c1-6-8-25-18(14-9-12(3)29-10-14)23-24-21(25)30-11-16(26)22-19-17(20(27)28-5)15(7-2)13(4)31-19/h6,9-10H,1,7-8,11H2,2-5H3,(H,22,26). The molecule has 0 fully saturated rings. The number of ether oxygens (including phenoxy) is 1. The second-order valence-electron chi connectivity index (χ2n) is 6.67. The van der Waals surface area contributed by atoms with Gasteiger partial charge in [-0.3, -0.25) is 9.36 Å². The predicted molar refractivity (Wildman–Crippen MR) is 127 cm³/mol. The van der Waals surface area contributed by atoms with Gasteiger partial charge in [0.2, 0.25) is 5.91 Å². The fraction of sp³-hybridized carbons (Fsp3) is 0.333. The number of hydrogen-bond acceptors (Lipinski definition) is 8. The second-order valence-corrected chi connectivity index (χ2v) is 9.96. The molecule has 0 aromatic carbocycles. The van der Waals surface area contributed by atoms with E-state index < -0.39 is 5.97 Å². The average Bonchev–Trinajstić information content (AvgIpc) is 3.43. The number of thioether (sulfide) groups is 1. The smallest absolute Gasteiger partial charge is 0.341 e. The van der Waals surface area contributed by atoms with Gasteiger partial charge in [0.05, 0.1) is 18.4 Å². The lowest BCUT2D eigenvalue weighted by Gasteiger charge is -2.08. The Bertz CT molecular complexity index is 1110. The Labute approximate surface area is 193 Å². The third-order valence-corrected chi connectivity index (χ3v) is 7.45. The van der Waals surface area contributed by atoms with E-state index in [4.69, 9.17) is 4.74 Å². The van der Waals surface area contributed by atoms with Crippen molar-refractivity contribution in [2.45, 2.75) is 38.9 Å². The molecule has 0 saturated heterocycles. The van der Waals surface area contributed by atoms with Crippen LogP contribution in [-0.4, -0.2) is 39.5 Å². The van der Waals surface area contributed by atoms with E-state index in [2.05, 4.69) is 28.2 Å². The summed E-state index contributed by atoms with van der Waals surface area (Å²) in [5.74, 6) is 0.226. The van der Waals surface area contributed by atoms with Gasteiger partial charge in [-0.05, 0) is 31.9 Å². The van der Waals surface area contributed by atoms with Gasteiger partial charge in [-0.2, -0.15) is 0 Å². The van der Waals surface area contributed by atoms with Crippen molar-refractivity contribution >= 4 is 51.3 Å². The van der Waals surface area contributed by atoms with Gasteiger partial charge in [0.25, 0.3) is 0 Å². The zero-order valence-electron chi connectivity index (χ0n) is 17.9. The molecule has 1 amide bonds. The van der Waals surface area contributed by atoms with Crippen molar-refractivity contribution in [1.29, 1.82) is 0 Å². The van der Waals surface area contributed by atoms with Crippen molar-refractivity contribution < 1.29 is 14.3 Å². The number of carbonyl (C=O) groups is 2. The fourth-order valence-corrected chi connectivity index (χ4v) is 5.75.